The molecule has 2 atom stereocenters. The minimum absolute atomic E-state index is 0.225. The van der Waals surface area contributed by atoms with Gasteiger partial charge < -0.3 is 8.85 Å². The quantitative estimate of drug-likeness (QED) is 0.704. The summed E-state index contributed by atoms with van der Waals surface area (Å²) >= 11 is 0. The first-order chi connectivity index (χ1) is 8.55. The maximum absolute atomic E-state index is 6.39. The molecule has 0 fully saturated rings. The van der Waals surface area contributed by atoms with Crippen LogP contribution in [0.1, 0.15) is 34.6 Å². The van der Waals surface area contributed by atoms with Gasteiger partial charge in [-0.05, 0) is 31.0 Å². The van der Waals surface area contributed by atoms with E-state index in [4.69, 9.17) is 8.85 Å². The molecule has 0 spiro atoms. The summed E-state index contributed by atoms with van der Waals surface area (Å²) in [6.45, 7) is 11.4. The van der Waals surface area contributed by atoms with Crippen molar-refractivity contribution in [2.75, 3.05) is 6.61 Å². The Morgan fingerprint density at radius 1 is 1.06 bits per heavy atom. The van der Waals surface area contributed by atoms with Gasteiger partial charge >= 0.3 is 8.56 Å². The summed E-state index contributed by atoms with van der Waals surface area (Å²) in [6.07, 6.45) is 0.225. The molecule has 2 unspecified atom stereocenters. The van der Waals surface area contributed by atoms with Crippen LogP contribution in [0.2, 0.25) is 6.04 Å². The van der Waals surface area contributed by atoms with E-state index in [2.05, 4.69) is 52.0 Å². The van der Waals surface area contributed by atoms with Crippen molar-refractivity contribution >= 4 is 13.7 Å². The normalized spacial score (nSPS) is 16.6. The van der Waals surface area contributed by atoms with Gasteiger partial charge in [0.05, 0.1) is 0 Å². The van der Waals surface area contributed by atoms with Crippen LogP contribution >= 0.6 is 0 Å². The highest BCUT2D eigenvalue weighted by Crippen LogP contribution is 2.19. The summed E-state index contributed by atoms with van der Waals surface area (Å²) in [5.74, 6) is 0.507. The molecule has 18 heavy (non-hydrogen) atoms. The molecule has 1 aromatic carbocycles. The Hall–Kier alpha value is -0.643. The molecule has 0 bridgehead atoms. The molecule has 0 heterocycles. The zero-order chi connectivity index (χ0) is 13.6. The van der Waals surface area contributed by atoms with Gasteiger partial charge in [-0.3, -0.25) is 0 Å². The van der Waals surface area contributed by atoms with Crippen molar-refractivity contribution in [2.45, 2.75) is 46.8 Å². The first-order valence-electron chi connectivity index (χ1n) is 6.93. The van der Waals surface area contributed by atoms with Crippen molar-refractivity contribution in [1.82, 2.24) is 0 Å². The molecule has 1 rings (SSSR count). The summed E-state index contributed by atoms with van der Waals surface area (Å²) in [5.41, 5.74) is 0. The Kier molecular flexibility index (Phi) is 6.06. The molecule has 102 valence electrons. The molecule has 0 radical (unpaired) electrons. The molecule has 2 nitrogen and oxygen atoms in total. The fraction of sp³-hybridized carbons (Fsp3) is 0.600. The molecular formula is C15H26O2Si. The van der Waals surface area contributed by atoms with Gasteiger partial charge in [0.15, 0.2) is 0 Å². The van der Waals surface area contributed by atoms with Crippen LogP contribution in [0.3, 0.4) is 0 Å². The molecule has 0 aliphatic heterocycles. The van der Waals surface area contributed by atoms with Gasteiger partial charge in [0.2, 0.25) is 0 Å². The third-order valence-electron chi connectivity index (χ3n) is 3.37. The second-order valence-corrected chi connectivity index (χ2v) is 8.29. The standard InChI is InChI=1S/C15H26O2Si/c1-6-16-18(7-2,17-14(5)13(3)4)15-11-9-8-10-12-15/h8-14H,6-7H2,1-5H3. The topological polar surface area (TPSA) is 18.5 Å². The molecular weight excluding hydrogens is 240 g/mol. The highest BCUT2D eigenvalue weighted by atomic mass is 28.4. The minimum Gasteiger partial charge on any atom is -0.391 e. The highest BCUT2D eigenvalue weighted by molar-refractivity contribution is 6.81. The van der Waals surface area contributed by atoms with Gasteiger partial charge in [-0.15, -0.1) is 0 Å². The van der Waals surface area contributed by atoms with Gasteiger partial charge in [-0.25, -0.2) is 0 Å². The van der Waals surface area contributed by atoms with Crippen LogP contribution in [-0.2, 0) is 8.85 Å². The van der Waals surface area contributed by atoms with E-state index >= 15 is 0 Å². The summed E-state index contributed by atoms with van der Waals surface area (Å²) in [6, 6.07) is 11.4. The van der Waals surface area contributed by atoms with Crippen molar-refractivity contribution in [3.8, 4) is 0 Å². The van der Waals surface area contributed by atoms with Crippen molar-refractivity contribution in [3.05, 3.63) is 30.3 Å². The number of rotatable bonds is 7. The third-order valence-corrected chi connectivity index (χ3v) is 7.02. The van der Waals surface area contributed by atoms with Gasteiger partial charge in [0.1, 0.15) is 0 Å². The first-order valence-corrected chi connectivity index (χ1v) is 8.95. The van der Waals surface area contributed by atoms with Crippen molar-refractivity contribution in [2.24, 2.45) is 5.92 Å². The molecule has 1 aromatic rings. The zero-order valence-corrected chi connectivity index (χ0v) is 13.3. The molecule has 0 saturated carbocycles. The predicted octanol–water partition coefficient (Wildman–Crippen LogP) is 3.45. The summed E-state index contributed by atoms with van der Waals surface area (Å²) in [4.78, 5) is 0. The van der Waals surface area contributed by atoms with E-state index in [-0.39, 0.29) is 6.10 Å². The van der Waals surface area contributed by atoms with Crippen molar-refractivity contribution < 1.29 is 8.85 Å². The van der Waals surface area contributed by atoms with E-state index in [1.807, 2.05) is 13.0 Å². The van der Waals surface area contributed by atoms with Gasteiger partial charge in [0.25, 0.3) is 0 Å². The predicted molar refractivity (Wildman–Crippen MR) is 79.3 cm³/mol. The molecule has 3 heteroatoms. The molecule has 0 amide bonds. The van der Waals surface area contributed by atoms with Crippen LogP contribution in [0, 0.1) is 5.92 Å². The lowest BCUT2D eigenvalue weighted by Crippen LogP contribution is -2.55. The van der Waals surface area contributed by atoms with Crippen LogP contribution in [0.15, 0.2) is 30.3 Å². The van der Waals surface area contributed by atoms with E-state index in [0.717, 1.165) is 6.04 Å². The van der Waals surface area contributed by atoms with E-state index < -0.39 is 8.56 Å². The Labute approximate surface area is 113 Å². The third kappa shape index (κ3) is 3.67. The number of hydrogen-bond acceptors (Lipinski definition) is 2. The molecule has 0 N–H and O–H groups in total. The first kappa shape index (κ1) is 15.4. The smallest absolute Gasteiger partial charge is 0.372 e. The lowest BCUT2D eigenvalue weighted by atomic mass is 10.1. The maximum Gasteiger partial charge on any atom is 0.372 e. The summed E-state index contributed by atoms with van der Waals surface area (Å²) in [7, 11) is -2.27. The molecule has 0 aliphatic rings. The summed E-state index contributed by atoms with van der Waals surface area (Å²) in [5, 5.41) is 1.24. The number of benzene rings is 1. The Balaban J connectivity index is 3.01. The Morgan fingerprint density at radius 2 is 1.67 bits per heavy atom. The average Bonchev–Trinajstić information content (AvgIpc) is 2.39. The van der Waals surface area contributed by atoms with E-state index in [1.54, 1.807) is 0 Å². The van der Waals surface area contributed by atoms with Gasteiger partial charge in [-0.2, -0.15) is 0 Å². The fourth-order valence-electron chi connectivity index (χ4n) is 1.94. The van der Waals surface area contributed by atoms with Gasteiger partial charge in [-0.1, -0.05) is 51.1 Å². The molecule has 0 saturated heterocycles. The van der Waals surface area contributed by atoms with E-state index in [9.17, 15) is 0 Å². The second-order valence-electron chi connectivity index (χ2n) is 4.97. The zero-order valence-electron chi connectivity index (χ0n) is 12.3. The summed E-state index contributed by atoms with van der Waals surface area (Å²) < 4.78 is 12.5. The van der Waals surface area contributed by atoms with Crippen LogP contribution in [0.5, 0.6) is 0 Å². The van der Waals surface area contributed by atoms with Crippen LogP contribution in [0.4, 0.5) is 0 Å². The second kappa shape index (κ2) is 7.07. The maximum atomic E-state index is 6.39. The minimum atomic E-state index is -2.27. The van der Waals surface area contributed by atoms with Crippen LogP contribution < -0.4 is 5.19 Å². The van der Waals surface area contributed by atoms with Gasteiger partial charge in [0, 0.05) is 12.7 Å². The monoisotopic (exact) mass is 266 g/mol. The SMILES string of the molecule is CCO[Si](CC)(OC(C)C(C)C)c1ccccc1. The Morgan fingerprint density at radius 3 is 2.11 bits per heavy atom. The van der Waals surface area contributed by atoms with E-state index in [1.165, 1.54) is 5.19 Å². The highest BCUT2D eigenvalue weighted by Gasteiger charge is 2.39. The van der Waals surface area contributed by atoms with Crippen LogP contribution in [-0.4, -0.2) is 21.3 Å². The molecule has 0 aliphatic carbocycles. The van der Waals surface area contributed by atoms with Crippen molar-refractivity contribution in [3.63, 3.8) is 0 Å². The van der Waals surface area contributed by atoms with E-state index in [0.29, 0.717) is 12.5 Å². The molecule has 0 aromatic heterocycles. The van der Waals surface area contributed by atoms with Crippen molar-refractivity contribution in [1.29, 1.82) is 0 Å². The van der Waals surface area contributed by atoms with Crippen LogP contribution in [0.25, 0.3) is 0 Å². The largest absolute Gasteiger partial charge is 0.391 e. The number of hydrogen-bond donors (Lipinski definition) is 0. The lowest BCUT2D eigenvalue weighted by molar-refractivity contribution is 0.106. The Bertz CT molecular complexity index is 340. The lowest BCUT2D eigenvalue weighted by Gasteiger charge is -2.34. The average molecular weight is 266 g/mol. The fourth-order valence-corrected chi connectivity index (χ4v) is 5.13.